The molecule has 0 saturated carbocycles. The Labute approximate surface area is 186 Å². The lowest BCUT2D eigenvalue weighted by Crippen LogP contribution is -2.28. The zero-order chi connectivity index (χ0) is 23.4. The second kappa shape index (κ2) is 13.3. The van der Waals surface area contributed by atoms with Gasteiger partial charge in [0.25, 0.3) is 0 Å². The second-order valence-corrected chi connectivity index (χ2v) is 7.19. The van der Waals surface area contributed by atoms with Gasteiger partial charge in [-0.1, -0.05) is 24.3 Å². The number of allylic oxidation sites excluding steroid dienone is 5. The molecule has 1 aliphatic rings. The van der Waals surface area contributed by atoms with E-state index in [0.29, 0.717) is 23.1 Å². The fourth-order valence-electron chi connectivity index (χ4n) is 2.71. The van der Waals surface area contributed by atoms with E-state index in [0.717, 1.165) is 41.6 Å². The molecular formula is C23H28FN3O3S. The number of hydrogen-bond donors (Lipinski definition) is 3. The lowest BCUT2D eigenvalue weighted by Gasteiger charge is -2.22. The number of benzene rings is 1. The summed E-state index contributed by atoms with van der Waals surface area (Å²) in [5, 5.41) is 14.0. The minimum absolute atomic E-state index is 0.298. The first-order valence-electron chi connectivity index (χ1n) is 9.42. The van der Waals surface area contributed by atoms with Crippen LogP contribution in [0.15, 0.2) is 59.3 Å². The van der Waals surface area contributed by atoms with E-state index in [1.54, 1.807) is 29.6 Å². The van der Waals surface area contributed by atoms with Crippen molar-refractivity contribution in [1.29, 1.82) is 0 Å². The van der Waals surface area contributed by atoms with Gasteiger partial charge in [0.1, 0.15) is 12.1 Å². The quantitative estimate of drug-likeness (QED) is 0.465. The number of nitrogens with one attached hydrogen (secondary N) is 1. The molecule has 31 heavy (non-hydrogen) atoms. The predicted octanol–water partition coefficient (Wildman–Crippen LogP) is 4.43. The highest BCUT2D eigenvalue weighted by molar-refractivity contribution is 7.15. The van der Waals surface area contributed by atoms with Crippen molar-refractivity contribution in [3.8, 4) is 11.1 Å². The van der Waals surface area contributed by atoms with Crippen molar-refractivity contribution in [2.45, 2.75) is 20.3 Å². The Kier molecular flexibility index (Phi) is 11.1. The van der Waals surface area contributed by atoms with Gasteiger partial charge in [-0.3, -0.25) is 9.80 Å². The Hall–Kier alpha value is -3.07. The van der Waals surface area contributed by atoms with Crippen LogP contribution in [0.3, 0.4) is 0 Å². The van der Waals surface area contributed by atoms with Gasteiger partial charge in [-0.05, 0) is 37.6 Å². The van der Waals surface area contributed by atoms with Crippen LogP contribution in [0.2, 0.25) is 0 Å². The largest absolute Gasteiger partial charge is 0.400 e. The van der Waals surface area contributed by atoms with E-state index in [-0.39, 0.29) is 5.82 Å². The normalized spacial score (nSPS) is 13.5. The van der Waals surface area contributed by atoms with Crippen molar-refractivity contribution < 1.29 is 19.1 Å². The molecule has 166 valence electrons. The highest BCUT2D eigenvalue weighted by atomic mass is 32.1. The molecule has 0 fully saturated rings. The molecular weight excluding hydrogens is 417 g/mol. The van der Waals surface area contributed by atoms with Gasteiger partial charge in [-0.2, -0.15) is 0 Å². The number of aldehydes is 2. The number of hydrazine groups is 1. The summed E-state index contributed by atoms with van der Waals surface area (Å²) in [6.07, 6.45) is 9.50. The number of thiophene rings is 1. The first-order valence-corrected chi connectivity index (χ1v) is 10.3. The van der Waals surface area contributed by atoms with Crippen molar-refractivity contribution in [2.75, 3.05) is 19.5 Å². The SMILES string of the molecule is CC1=CC=C/C(=C/CC=O)N1N.CNc1scc(-c2ccc(C)cc2F)c1C=O.CO. The minimum Gasteiger partial charge on any atom is -0.400 e. The third kappa shape index (κ3) is 6.99. The molecule has 0 amide bonds. The Bertz CT molecular complexity index is 980. The molecule has 0 atom stereocenters. The third-order valence-electron chi connectivity index (χ3n) is 4.27. The monoisotopic (exact) mass is 445 g/mol. The maximum Gasteiger partial charge on any atom is 0.153 e. The molecule has 8 heteroatoms. The standard InChI is InChI=1S/C13H12FNOS.C9H12N2O.CH4O/c1-8-3-4-9(12(14)5-8)11-7-17-13(15-2)10(11)6-16;1-8-4-2-5-9(11(8)10)6-3-7-12;1-2/h3-7,15H,1-2H3;2,4-7H,3,10H2,1H3;2H,1H3/b;9-6-;. The Morgan fingerprint density at radius 3 is 2.52 bits per heavy atom. The second-order valence-electron chi connectivity index (χ2n) is 6.31. The van der Waals surface area contributed by atoms with Gasteiger partial charge >= 0.3 is 0 Å². The van der Waals surface area contributed by atoms with Crippen molar-refractivity contribution in [3.63, 3.8) is 0 Å². The summed E-state index contributed by atoms with van der Waals surface area (Å²) in [7, 11) is 2.74. The van der Waals surface area contributed by atoms with Crippen molar-refractivity contribution in [3.05, 3.63) is 76.2 Å². The number of rotatable bonds is 5. The topological polar surface area (TPSA) is 95.7 Å². The van der Waals surface area contributed by atoms with Crippen molar-refractivity contribution in [1.82, 2.24) is 5.01 Å². The van der Waals surface area contributed by atoms with Crippen LogP contribution < -0.4 is 11.2 Å². The number of anilines is 1. The van der Waals surface area contributed by atoms with Gasteiger partial charge in [0.15, 0.2) is 6.29 Å². The van der Waals surface area contributed by atoms with E-state index >= 15 is 0 Å². The number of hydrogen-bond acceptors (Lipinski definition) is 7. The average Bonchev–Trinajstić information content (AvgIpc) is 3.19. The number of nitrogens with zero attached hydrogens (tertiary/aromatic N) is 1. The van der Waals surface area contributed by atoms with E-state index < -0.39 is 0 Å². The van der Waals surface area contributed by atoms with Crippen LogP contribution in [0.5, 0.6) is 0 Å². The van der Waals surface area contributed by atoms with Crippen molar-refractivity contribution >= 4 is 28.9 Å². The van der Waals surface area contributed by atoms with Crippen LogP contribution in [-0.2, 0) is 4.79 Å². The lowest BCUT2D eigenvalue weighted by atomic mass is 10.0. The number of aryl methyl sites for hydroxylation is 1. The van der Waals surface area contributed by atoms with Gasteiger partial charge in [-0.25, -0.2) is 10.2 Å². The zero-order valence-corrected chi connectivity index (χ0v) is 18.9. The first kappa shape index (κ1) is 26.0. The summed E-state index contributed by atoms with van der Waals surface area (Å²) >= 11 is 1.40. The van der Waals surface area contributed by atoms with E-state index in [2.05, 4.69) is 5.32 Å². The van der Waals surface area contributed by atoms with E-state index in [1.165, 1.54) is 17.4 Å². The summed E-state index contributed by atoms with van der Waals surface area (Å²) in [5.41, 5.74) is 4.32. The minimum atomic E-state index is -0.298. The average molecular weight is 446 g/mol. The molecule has 0 bridgehead atoms. The van der Waals surface area contributed by atoms with E-state index in [4.69, 9.17) is 10.9 Å². The summed E-state index contributed by atoms with van der Waals surface area (Å²) in [6, 6.07) is 5.02. The molecule has 4 N–H and O–H groups in total. The highest BCUT2D eigenvalue weighted by Gasteiger charge is 2.14. The van der Waals surface area contributed by atoms with Crippen LogP contribution in [0.1, 0.15) is 29.3 Å². The predicted molar refractivity (Wildman–Crippen MR) is 125 cm³/mol. The third-order valence-corrected chi connectivity index (χ3v) is 5.29. The Morgan fingerprint density at radius 1 is 1.23 bits per heavy atom. The molecule has 3 rings (SSSR count). The van der Waals surface area contributed by atoms with Crippen LogP contribution in [0.25, 0.3) is 11.1 Å². The van der Waals surface area contributed by atoms with Crippen LogP contribution in [-0.4, -0.2) is 36.8 Å². The smallest absolute Gasteiger partial charge is 0.153 e. The molecule has 1 aromatic carbocycles. The lowest BCUT2D eigenvalue weighted by molar-refractivity contribution is -0.107. The van der Waals surface area contributed by atoms with Gasteiger partial charge < -0.3 is 15.2 Å². The van der Waals surface area contributed by atoms with E-state index in [9.17, 15) is 14.0 Å². The van der Waals surface area contributed by atoms with E-state index in [1.807, 2.05) is 38.1 Å². The summed E-state index contributed by atoms with van der Waals surface area (Å²) in [4.78, 5) is 21.2. The maximum absolute atomic E-state index is 13.8. The van der Waals surface area contributed by atoms with Crippen molar-refractivity contribution in [2.24, 2.45) is 5.84 Å². The molecule has 1 aromatic heterocycles. The maximum atomic E-state index is 13.8. The molecule has 0 spiro atoms. The van der Waals surface area contributed by atoms with Crippen LogP contribution in [0, 0.1) is 12.7 Å². The van der Waals surface area contributed by atoms with Gasteiger partial charge in [0.2, 0.25) is 0 Å². The number of nitrogens with two attached hydrogens (primary N) is 1. The molecule has 0 radical (unpaired) electrons. The molecule has 1 aliphatic heterocycles. The molecule has 6 nitrogen and oxygen atoms in total. The van der Waals surface area contributed by atoms with Gasteiger partial charge in [0.05, 0.1) is 16.3 Å². The van der Waals surface area contributed by atoms with Gasteiger partial charge in [-0.15, -0.1) is 11.3 Å². The Balaban J connectivity index is 0.000000303. The van der Waals surface area contributed by atoms with Gasteiger partial charge in [0, 0.05) is 42.8 Å². The fraction of sp³-hybridized carbons (Fsp3) is 0.217. The molecule has 0 saturated heterocycles. The molecule has 0 aliphatic carbocycles. The number of carbonyl (C=O) groups excluding carboxylic acids is 2. The summed E-state index contributed by atoms with van der Waals surface area (Å²) in [5.74, 6) is 5.40. The number of halogens is 1. The summed E-state index contributed by atoms with van der Waals surface area (Å²) < 4.78 is 13.8. The number of aliphatic hydroxyl groups is 1. The molecule has 2 heterocycles. The van der Waals surface area contributed by atoms with Crippen LogP contribution in [0.4, 0.5) is 9.39 Å². The zero-order valence-electron chi connectivity index (χ0n) is 18.1. The van der Waals surface area contributed by atoms with Crippen LogP contribution >= 0.6 is 11.3 Å². The Morgan fingerprint density at radius 2 is 1.94 bits per heavy atom. The fourth-order valence-corrected chi connectivity index (χ4v) is 3.60. The number of aliphatic hydroxyl groups excluding tert-OH is 1. The highest BCUT2D eigenvalue weighted by Crippen LogP contribution is 2.35. The molecule has 0 unspecified atom stereocenters. The first-order chi connectivity index (χ1) is 14.9. The molecule has 2 aromatic rings. The number of carbonyl (C=O) groups is 2. The summed E-state index contributed by atoms with van der Waals surface area (Å²) in [6.45, 7) is 3.75.